The van der Waals surface area contributed by atoms with E-state index in [2.05, 4.69) is 38.8 Å². The number of alkyl halides is 3. The van der Waals surface area contributed by atoms with Crippen LogP contribution >= 0.6 is 0 Å². The molecule has 3 aromatic heterocycles. The lowest BCUT2D eigenvalue weighted by Gasteiger charge is -2.18. The highest BCUT2D eigenvalue weighted by atomic mass is 32.2. The van der Waals surface area contributed by atoms with Crippen LogP contribution in [0.1, 0.15) is 0 Å². The lowest BCUT2D eigenvalue weighted by molar-refractivity contribution is -0.0500. The molecular formula is C21H26F3N5O4SSi. The zero-order chi connectivity index (χ0) is 25.8. The molecule has 3 heterocycles. The number of ether oxygens (including phenoxy) is 1. The third kappa shape index (κ3) is 4.82. The lowest BCUT2D eigenvalue weighted by Crippen LogP contribution is -2.28. The highest BCUT2D eigenvalue weighted by Gasteiger charge is 2.49. The number of imidazole rings is 1. The predicted molar refractivity (Wildman–Crippen MR) is 131 cm³/mol. The van der Waals surface area contributed by atoms with Crippen LogP contribution in [0.3, 0.4) is 0 Å². The predicted octanol–water partition coefficient (Wildman–Crippen LogP) is 4.67. The smallest absolute Gasteiger partial charge is 0.361 e. The Bertz CT molecular complexity index is 1510. The maximum atomic E-state index is 13.1. The molecule has 0 atom stereocenters. The fraction of sp³-hybridized carbons (Fsp3) is 0.429. The van der Waals surface area contributed by atoms with Crippen molar-refractivity contribution in [2.45, 2.75) is 37.9 Å². The highest BCUT2D eigenvalue weighted by Crippen LogP contribution is 2.39. The molecule has 9 nitrogen and oxygen atoms in total. The lowest BCUT2D eigenvalue weighted by atomic mass is 10.2. The van der Waals surface area contributed by atoms with Crippen LogP contribution in [0.4, 0.5) is 19.1 Å². The second kappa shape index (κ2) is 8.67. The molecule has 0 fully saturated rings. The van der Waals surface area contributed by atoms with Gasteiger partial charge in [-0.1, -0.05) is 37.8 Å². The summed E-state index contributed by atoms with van der Waals surface area (Å²) in [6.07, 6.45) is 0. The zero-order valence-electron chi connectivity index (χ0n) is 19.9. The molecule has 0 unspecified atom stereocenters. The summed E-state index contributed by atoms with van der Waals surface area (Å²) in [4.78, 5) is 13.2. The minimum atomic E-state index is -5.97. The van der Waals surface area contributed by atoms with Gasteiger partial charge in [-0.15, -0.1) is 0 Å². The Morgan fingerprint density at radius 3 is 2.46 bits per heavy atom. The van der Waals surface area contributed by atoms with Gasteiger partial charge in [-0.05, 0) is 12.1 Å². The van der Waals surface area contributed by atoms with E-state index in [0.29, 0.717) is 29.0 Å². The van der Waals surface area contributed by atoms with E-state index in [9.17, 15) is 21.6 Å². The number of pyridine rings is 1. The van der Waals surface area contributed by atoms with Crippen LogP contribution in [0.5, 0.6) is 5.88 Å². The van der Waals surface area contributed by atoms with Gasteiger partial charge in [0.25, 0.3) is 5.88 Å². The van der Waals surface area contributed by atoms with Gasteiger partial charge in [-0.25, -0.2) is 4.98 Å². The summed E-state index contributed by atoms with van der Waals surface area (Å²) in [5, 5.41) is 1.32. The van der Waals surface area contributed by atoms with Gasteiger partial charge in [0.1, 0.15) is 12.4 Å². The molecular weight excluding hydrogens is 503 g/mol. The number of H-pyrrole nitrogens is 1. The van der Waals surface area contributed by atoms with Gasteiger partial charge in [-0.3, -0.25) is 4.57 Å². The standard InChI is InChI=1S/C21H26F3N5O4SSi/c1-28(2)20-26-16-17(29(20)12-32-10-11-35(3,4)5)15-13-8-6-7-9-14(13)25-18(15)27-19(16)33-34(30,31)21(22,23)24/h6-9H,10-12H2,1-5H3,(H,25,27). The summed E-state index contributed by atoms with van der Waals surface area (Å²) in [5.74, 6) is -0.415. The number of hydrogen-bond acceptors (Lipinski definition) is 7. The Labute approximate surface area is 201 Å². The molecule has 1 aromatic carbocycles. The first-order valence-electron chi connectivity index (χ1n) is 10.8. The summed E-state index contributed by atoms with van der Waals surface area (Å²) in [5.41, 5.74) is -4.54. The quantitative estimate of drug-likeness (QED) is 0.153. The minimum absolute atomic E-state index is 0.0541. The molecule has 35 heavy (non-hydrogen) atoms. The van der Waals surface area contributed by atoms with Crippen molar-refractivity contribution in [3.05, 3.63) is 24.3 Å². The summed E-state index contributed by atoms with van der Waals surface area (Å²) < 4.78 is 75.2. The van der Waals surface area contributed by atoms with Gasteiger partial charge in [0, 0.05) is 39.7 Å². The van der Waals surface area contributed by atoms with Crippen molar-refractivity contribution in [1.29, 1.82) is 0 Å². The maximum absolute atomic E-state index is 13.1. The largest absolute Gasteiger partial charge is 0.534 e. The molecule has 14 heteroatoms. The van der Waals surface area contributed by atoms with Gasteiger partial charge < -0.3 is 18.8 Å². The number of para-hydroxylation sites is 1. The number of benzene rings is 1. The minimum Gasteiger partial charge on any atom is -0.361 e. The van der Waals surface area contributed by atoms with Crippen molar-refractivity contribution < 1.29 is 30.5 Å². The van der Waals surface area contributed by atoms with Crippen LogP contribution in [-0.4, -0.2) is 62.2 Å². The summed E-state index contributed by atoms with van der Waals surface area (Å²) in [6, 6.07) is 8.15. The Morgan fingerprint density at radius 1 is 1.14 bits per heavy atom. The molecule has 4 aromatic rings. The Kier molecular flexibility index (Phi) is 6.26. The number of nitrogens with one attached hydrogen (secondary N) is 1. The van der Waals surface area contributed by atoms with Crippen LogP contribution in [0.25, 0.3) is 33.0 Å². The molecule has 190 valence electrons. The fourth-order valence-electron chi connectivity index (χ4n) is 3.66. The summed E-state index contributed by atoms with van der Waals surface area (Å²) in [7, 11) is -3.90. The van der Waals surface area contributed by atoms with Crippen LogP contribution < -0.4 is 9.08 Å². The van der Waals surface area contributed by atoms with Gasteiger partial charge in [0.15, 0.2) is 5.52 Å². The van der Waals surface area contributed by atoms with E-state index in [-0.39, 0.29) is 17.9 Å². The first-order chi connectivity index (χ1) is 16.2. The SMILES string of the molecule is CN(C)c1nc2c(OS(=O)(=O)C(F)(F)F)nc3[nH]c4ccccc4c3c2n1COCC[Si](C)(C)C. The zero-order valence-corrected chi connectivity index (χ0v) is 21.7. The van der Waals surface area contributed by atoms with Crippen molar-refractivity contribution >= 4 is 57.1 Å². The average Bonchev–Trinajstić information content (AvgIpc) is 3.27. The molecule has 0 aliphatic carbocycles. The molecule has 0 spiro atoms. The fourth-order valence-corrected chi connectivity index (χ4v) is 4.83. The normalized spacial score (nSPS) is 13.3. The van der Waals surface area contributed by atoms with Crippen LogP contribution in [0, 0.1) is 0 Å². The number of fused-ring (bicyclic) bond motifs is 5. The summed E-state index contributed by atoms with van der Waals surface area (Å²) >= 11 is 0. The maximum Gasteiger partial charge on any atom is 0.534 e. The molecule has 0 amide bonds. The molecule has 0 saturated carbocycles. The van der Waals surface area contributed by atoms with E-state index in [0.717, 1.165) is 11.4 Å². The molecule has 0 radical (unpaired) electrons. The number of hydrogen-bond donors (Lipinski definition) is 1. The monoisotopic (exact) mass is 529 g/mol. The highest BCUT2D eigenvalue weighted by molar-refractivity contribution is 7.88. The van der Waals surface area contributed by atoms with Crippen molar-refractivity contribution in [3.8, 4) is 5.88 Å². The van der Waals surface area contributed by atoms with Crippen molar-refractivity contribution in [1.82, 2.24) is 19.5 Å². The van der Waals surface area contributed by atoms with Gasteiger partial charge in [0.2, 0.25) is 5.95 Å². The molecule has 0 aliphatic heterocycles. The number of rotatable bonds is 8. The number of aromatic nitrogens is 4. The van der Waals surface area contributed by atoms with Crippen LogP contribution in [0.15, 0.2) is 24.3 Å². The number of aromatic amines is 1. The average molecular weight is 530 g/mol. The van der Waals surface area contributed by atoms with E-state index in [4.69, 9.17) is 4.74 Å². The van der Waals surface area contributed by atoms with Gasteiger partial charge >= 0.3 is 15.6 Å². The van der Waals surface area contributed by atoms with Crippen LogP contribution in [-0.2, 0) is 21.6 Å². The Hall–Kier alpha value is -2.84. The second-order valence-corrected chi connectivity index (χ2v) is 16.7. The molecule has 0 bridgehead atoms. The van der Waals surface area contributed by atoms with E-state index in [1.54, 1.807) is 35.7 Å². The van der Waals surface area contributed by atoms with Crippen LogP contribution in [0.2, 0.25) is 25.7 Å². The third-order valence-corrected chi connectivity index (χ3v) is 8.02. The topological polar surface area (TPSA) is 102 Å². The number of nitrogens with zero attached hydrogens (tertiary/aromatic N) is 4. The number of halogens is 3. The summed E-state index contributed by atoms with van der Waals surface area (Å²) in [6.45, 7) is 7.22. The van der Waals surface area contributed by atoms with Crippen molar-refractivity contribution in [3.63, 3.8) is 0 Å². The van der Waals surface area contributed by atoms with E-state index in [1.165, 1.54) is 0 Å². The van der Waals surface area contributed by atoms with E-state index >= 15 is 0 Å². The first-order valence-corrected chi connectivity index (χ1v) is 15.9. The molecule has 0 saturated heterocycles. The van der Waals surface area contributed by atoms with Crippen molar-refractivity contribution in [2.24, 2.45) is 0 Å². The Balaban J connectivity index is 1.97. The first kappa shape index (κ1) is 25.3. The Morgan fingerprint density at radius 2 is 1.83 bits per heavy atom. The second-order valence-electron chi connectivity index (χ2n) is 9.57. The van der Waals surface area contributed by atoms with Crippen molar-refractivity contribution in [2.75, 3.05) is 25.6 Å². The van der Waals surface area contributed by atoms with Gasteiger partial charge in [-0.2, -0.15) is 26.6 Å². The molecule has 1 N–H and O–H groups in total. The third-order valence-electron chi connectivity index (χ3n) is 5.38. The number of anilines is 1. The van der Waals surface area contributed by atoms with Gasteiger partial charge in [0.05, 0.1) is 10.9 Å². The molecule has 4 rings (SSSR count). The molecule has 0 aliphatic rings. The van der Waals surface area contributed by atoms with E-state index in [1.807, 2.05) is 12.1 Å². The van der Waals surface area contributed by atoms with E-state index < -0.39 is 29.6 Å².